The van der Waals surface area contributed by atoms with Gasteiger partial charge in [0.1, 0.15) is 0 Å². The lowest BCUT2D eigenvalue weighted by Gasteiger charge is -1.97. The van der Waals surface area contributed by atoms with Gasteiger partial charge in [0.05, 0.1) is 12.4 Å². The van der Waals surface area contributed by atoms with Crippen molar-refractivity contribution in [2.24, 2.45) is 0 Å². The van der Waals surface area contributed by atoms with E-state index in [0.29, 0.717) is 6.10 Å². The van der Waals surface area contributed by atoms with Crippen LogP contribution in [0.4, 0.5) is 0 Å². The zero-order valence-corrected chi connectivity index (χ0v) is 3.85. The molecule has 0 radical (unpaired) electrons. The molecule has 0 bridgehead atoms. The Hall–Kier alpha value is -0.460. The summed E-state index contributed by atoms with van der Waals surface area (Å²) in [5.74, 6) is 0. The topological polar surface area (TPSA) is 9.23 Å². The Bertz CT molecular complexity index is 58.3. The molecule has 6 heavy (non-hydrogen) atoms. The minimum atomic E-state index is 0.435. The van der Waals surface area contributed by atoms with Crippen molar-refractivity contribution in [1.82, 2.24) is 0 Å². The Balaban J connectivity index is 2.32. The monoisotopic (exact) mass is 84.1 g/mol. The molecule has 34 valence electrons. The Kier molecular flexibility index (Phi) is 0.825. The van der Waals surface area contributed by atoms with Crippen LogP contribution in [0.3, 0.4) is 0 Å². The van der Waals surface area contributed by atoms with Gasteiger partial charge in [-0.15, -0.1) is 0 Å². The molecule has 0 aliphatic carbocycles. The van der Waals surface area contributed by atoms with E-state index in [-0.39, 0.29) is 0 Å². The van der Waals surface area contributed by atoms with Crippen LogP contribution in [0.1, 0.15) is 13.3 Å². The van der Waals surface area contributed by atoms with Crippen molar-refractivity contribution in [2.45, 2.75) is 19.4 Å². The number of ether oxygens (including phenoxy) is 1. The molecule has 1 heteroatoms. The first-order valence-electron chi connectivity index (χ1n) is 2.20. The van der Waals surface area contributed by atoms with Gasteiger partial charge in [-0.05, 0) is 13.0 Å². The van der Waals surface area contributed by atoms with Gasteiger partial charge in [0.25, 0.3) is 0 Å². The first kappa shape index (κ1) is 3.72. The lowest BCUT2D eigenvalue weighted by molar-refractivity contribution is 0.189. The number of hydrogen-bond acceptors (Lipinski definition) is 1. The molecule has 0 aromatic rings. The second-order valence-corrected chi connectivity index (χ2v) is 1.55. The van der Waals surface area contributed by atoms with Gasteiger partial charge in [0, 0.05) is 6.42 Å². The molecule has 0 aromatic heterocycles. The average molecular weight is 84.1 g/mol. The zero-order valence-electron chi connectivity index (χ0n) is 3.85. The molecule has 1 rings (SSSR count). The molecular weight excluding hydrogens is 76.1 g/mol. The van der Waals surface area contributed by atoms with Crippen LogP contribution in [-0.2, 0) is 4.74 Å². The van der Waals surface area contributed by atoms with Crippen molar-refractivity contribution in [3.05, 3.63) is 12.3 Å². The Morgan fingerprint density at radius 2 is 2.67 bits per heavy atom. The van der Waals surface area contributed by atoms with Crippen LogP contribution >= 0.6 is 0 Å². The molecule has 0 aromatic carbocycles. The van der Waals surface area contributed by atoms with E-state index >= 15 is 0 Å². The van der Waals surface area contributed by atoms with Gasteiger partial charge in [-0.1, -0.05) is 0 Å². The molecule has 0 saturated carbocycles. The zero-order chi connectivity index (χ0) is 4.41. The van der Waals surface area contributed by atoms with Crippen molar-refractivity contribution in [1.29, 1.82) is 0 Å². The van der Waals surface area contributed by atoms with Crippen molar-refractivity contribution in [3.8, 4) is 0 Å². The molecule has 0 fully saturated rings. The summed E-state index contributed by atoms with van der Waals surface area (Å²) in [7, 11) is 0. The predicted molar refractivity (Wildman–Crippen MR) is 24.3 cm³/mol. The molecule has 1 aliphatic rings. The molecule has 0 saturated heterocycles. The van der Waals surface area contributed by atoms with Crippen molar-refractivity contribution in [2.75, 3.05) is 0 Å². The van der Waals surface area contributed by atoms with Crippen LogP contribution < -0.4 is 0 Å². The van der Waals surface area contributed by atoms with E-state index in [1.807, 2.05) is 6.08 Å². The predicted octanol–water partition coefficient (Wildman–Crippen LogP) is 1.31. The molecule has 0 spiro atoms. The van der Waals surface area contributed by atoms with Crippen molar-refractivity contribution >= 4 is 0 Å². The Morgan fingerprint density at radius 3 is 2.83 bits per heavy atom. The van der Waals surface area contributed by atoms with E-state index in [4.69, 9.17) is 4.74 Å². The minimum absolute atomic E-state index is 0.435. The maximum Gasteiger partial charge on any atom is 0.0985 e. The summed E-state index contributed by atoms with van der Waals surface area (Å²) in [6.07, 6.45) is 5.31. The summed E-state index contributed by atoms with van der Waals surface area (Å²) in [4.78, 5) is 0. The largest absolute Gasteiger partial charge is 0.498 e. The van der Waals surface area contributed by atoms with E-state index in [0.717, 1.165) is 6.42 Å². The molecule has 1 aliphatic heterocycles. The fourth-order valence-electron chi connectivity index (χ4n) is 0.492. The third-order valence-corrected chi connectivity index (χ3v) is 0.875. The quantitative estimate of drug-likeness (QED) is 0.430. The van der Waals surface area contributed by atoms with Crippen molar-refractivity contribution < 1.29 is 4.74 Å². The second kappa shape index (κ2) is 1.33. The summed E-state index contributed by atoms with van der Waals surface area (Å²) in [5.41, 5.74) is 0. The van der Waals surface area contributed by atoms with Gasteiger partial charge in [-0.2, -0.15) is 0 Å². The first-order chi connectivity index (χ1) is 2.89. The van der Waals surface area contributed by atoms with Crippen LogP contribution in [-0.4, -0.2) is 6.10 Å². The van der Waals surface area contributed by atoms with E-state index in [9.17, 15) is 0 Å². The van der Waals surface area contributed by atoms with Gasteiger partial charge in [-0.25, -0.2) is 0 Å². The van der Waals surface area contributed by atoms with E-state index in [1.54, 1.807) is 6.26 Å². The minimum Gasteiger partial charge on any atom is -0.498 e. The average Bonchev–Trinajstić information content (AvgIpc) is 1.86. The summed E-state index contributed by atoms with van der Waals surface area (Å²) >= 11 is 0. The van der Waals surface area contributed by atoms with E-state index in [1.165, 1.54) is 0 Å². The molecule has 0 N–H and O–H groups in total. The van der Waals surface area contributed by atoms with Crippen LogP contribution in [0.5, 0.6) is 0 Å². The Morgan fingerprint density at radius 1 is 1.83 bits per heavy atom. The maximum atomic E-state index is 4.97. The molecule has 1 heterocycles. The maximum absolute atomic E-state index is 4.97. The van der Waals surface area contributed by atoms with Crippen LogP contribution in [0.2, 0.25) is 0 Å². The van der Waals surface area contributed by atoms with Gasteiger partial charge in [0.2, 0.25) is 0 Å². The van der Waals surface area contributed by atoms with Gasteiger partial charge in [0.15, 0.2) is 0 Å². The summed E-state index contributed by atoms with van der Waals surface area (Å²) < 4.78 is 4.97. The SMILES string of the molecule is CC1CC=CO1. The third-order valence-electron chi connectivity index (χ3n) is 0.875. The fraction of sp³-hybridized carbons (Fsp3) is 0.600. The van der Waals surface area contributed by atoms with E-state index < -0.39 is 0 Å². The highest BCUT2D eigenvalue weighted by Gasteiger charge is 2.00. The van der Waals surface area contributed by atoms with Gasteiger partial charge >= 0.3 is 0 Å². The number of rotatable bonds is 0. The summed E-state index contributed by atoms with van der Waals surface area (Å²) in [6, 6.07) is 0. The highest BCUT2D eigenvalue weighted by molar-refractivity contribution is 4.83. The van der Waals surface area contributed by atoms with E-state index in [2.05, 4.69) is 6.92 Å². The second-order valence-electron chi connectivity index (χ2n) is 1.55. The van der Waals surface area contributed by atoms with Crippen molar-refractivity contribution in [3.63, 3.8) is 0 Å². The highest BCUT2D eigenvalue weighted by Crippen LogP contribution is 2.05. The molecular formula is C5H8O. The lowest BCUT2D eigenvalue weighted by Crippen LogP contribution is -1.93. The lowest BCUT2D eigenvalue weighted by atomic mass is 10.3. The number of hydrogen-bond donors (Lipinski definition) is 0. The van der Waals surface area contributed by atoms with Gasteiger partial charge in [-0.3, -0.25) is 0 Å². The fourth-order valence-corrected chi connectivity index (χ4v) is 0.492. The standard InChI is InChI=1S/C5H8O/c1-5-3-2-4-6-5/h2,4-5H,3H2,1H3. The smallest absolute Gasteiger partial charge is 0.0985 e. The highest BCUT2D eigenvalue weighted by atomic mass is 16.5. The summed E-state index contributed by atoms with van der Waals surface area (Å²) in [5, 5.41) is 0. The Labute approximate surface area is 37.6 Å². The van der Waals surface area contributed by atoms with Crippen LogP contribution in [0, 0.1) is 0 Å². The van der Waals surface area contributed by atoms with Crippen LogP contribution in [0.25, 0.3) is 0 Å². The first-order valence-corrected chi connectivity index (χ1v) is 2.20. The summed E-state index contributed by atoms with van der Waals surface area (Å²) in [6.45, 7) is 2.06. The molecule has 1 nitrogen and oxygen atoms in total. The van der Waals surface area contributed by atoms with Crippen LogP contribution in [0.15, 0.2) is 12.3 Å². The normalized spacial score (nSPS) is 30.5. The molecule has 1 atom stereocenters. The molecule has 1 unspecified atom stereocenters. The molecule has 0 amide bonds. The van der Waals surface area contributed by atoms with Gasteiger partial charge < -0.3 is 4.74 Å². The third kappa shape index (κ3) is 0.534.